The fraction of sp³-hybridized carbons (Fsp3) is 0.579. The van der Waals surface area contributed by atoms with Crippen LogP contribution in [0.5, 0.6) is 0 Å². The van der Waals surface area contributed by atoms with Crippen LogP contribution in [-0.2, 0) is 4.79 Å². The van der Waals surface area contributed by atoms with Gasteiger partial charge >= 0.3 is 0 Å². The number of nitrogens with one attached hydrogen (secondary N) is 2. The first-order chi connectivity index (χ1) is 11.5. The van der Waals surface area contributed by atoms with E-state index in [1.807, 2.05) is 30.0 Å². The molecule has 0 aliphatic carbocycles. The molecule has 0 bridgehead atoms. The molecule has 1 aromatic rings. The maximum Gasteiger partial charge on any atom is 0.253 e. The SMILES string of the molecule is Cc1cc(C(=O)N2CCCC2)ccc1NC(=O)[C@H]1CCN[C@@H](C)C1.Cl. The predicted molar refractivity (Wildman–Crippen MR) is 102 cm³/mol. The smallest absolute Gasteiger partial charge is 0.253 e. The standard InChI is InChI=1S/C19H27N3O2.ClH/c1-13-11-16(19(24)22-9-3-4-10-22)5-6-17(13)21-18(23)15-7-8-20-14(2)12-15;/h5-6,11,14-15,20H,3-4,7-10,12H2,1-2H3,(H,21,23);1H/t14-,15-;/m0./s1. The number of benzene rings is 1. The maximum atomic E-state index is 12.5. The van der Waals surface area contributed by atoms with E-state index in [2.05, 4.69) is 17.6 Å². The first kappa shape index (κ1) is 19.7. The Labute approximate surface area is 155 Å². The van der Waals surface area contributed by atoms with Gasteiger partial charge < -0.3 is 15.5 Å². The van der Waals surface area contributed by atoms with Crippen LogP contribution in [0.4, 0.5) is 5.69 Å². The number of amides is 2. The molecule has 0 spiro atoms. The van der Waals surface area contributed by atoms with Crippen LogP contribution in [0.15, 0.2) is 18.2 Å². The molecule has 0 unspecified atom stereocenters. The molecular weight excluding hydrogens is 338 g/mol. The number of hydrogen-bond donors (Lipinski definition) is 2. The molecule has 1 aromatic carbocycles. The average molecular weight is 366 g/mol. The molecular formula is C19H28ClN3O2. The van der Waals surface area contributed by atoms with Crippen molar-refractivity contribution in [1.29, 1.82) is 0 Å². The maximum absolute atomic E-state index is 12.5. The number of carbonyl (C=O) groups excluding carboxylic acids is 2. The fourth-order valence-electron chi connectivity index (χ4n) is 3.64. The molecule has 2 heterocycles. The second-order valence-corrected chi connectivity index (χ2v) is 7.09. The summed E-state index contributed by atoms with van der Waals surface area (Å²) in [6.45, 7) is 6.65. The predicted octanol–water partition coefficient (Wildman–Crippen LogP) is 2.98. The van der Waals surface area contributed by atoms with Crippen LogP contribution in [0.1, 0.15) is 48.5 Å². The summed E-state index contributed by atoms with van der Waals surface area (Å²) in [7, 11) is 0. The summed E-state index contributed by atoms with van der Waals surface area (Å²) in [6, 6.07) is 5.97. The van der Waals surface area contributed by atoms with Gasteiger partial charge in [-0.1, -0.05) is 0 Å². The third-order valence-electron chi connectivity index (χ3n) is 5.12. The lowest BCUT2D eigenvalue weighted by Gasteiger charge is -2.27. The van der Waals surface area contributed by atoms with Crippen molar-refractivity contribution < 1.29 is 9.59 Å². The van der Waals surface area contributed by atoms with Gasteiger partial charge in [0.15, 0.2) is 0 Å². The zero-order valence-electron chi connectivity index (χ0n) is 15.0. The fourth-order valence-corrected chi connectivity index (χ4v) is 3.64. The Hall–Kier alpha value is -1.59. The number of nitrogens with zero attached hydrogens (tertiary/aromatic N) is 1. The molecule has 0 saturated carbocycles. The Balaban J connectivity index is 0.00000225. The summed E-state index contributed by atoms with van der Waals surface area (Å²) in [5, 5.41) is 6.41. The van der Waals surface area contributed by atoms with Crippen molar-refractivity contribution in [2.75, 3.05) is 25.0 Å². The minimum absolute atomic E-state index is 0. The zero-order chi connectivity index (χ0) is 17.1. The molecule has 2 aliphatic heterocycles. The van der Waals surface area contributed by atoms with E-state index in [-0.39, 0.29) is 30.1 Å². The monoisotopic (exact) mass is 365 g/mol. The minimum atomic E-state index is 0. The number of rotatable bonds is 3. The Morgan fingerprint density at radius 3 is 2.60 bits per heavy atom. The quantitative estimate of drug-likeness (QED) is 0.865. The van der Waals surface area contributed by atoms with Crippen LogP contribution >= 0.6 is 12.4 Å². The summed E-state index contributed by atoms with van der Waals surface area (Å²) in [5.41, 5.74) is 2.46. The van der Waals surface area contributed by atoms with Gasteiger partial charge in [-0.3, -0.25) is 9.59 Å². The Kier molecular flexibility index (Phi) is 6.85. The van der Waals surface area contributed by atoms with E-state index in [4.69, 9.17) is 0 Å². The second kappa shape index (κ2) is 8.68. The highest BCUT2D eigenvalue weighted by atomic mass is 35.5. The highest BCUT2D eigenvalue weighted by Crippen LogP contribution is 2.22. The third kappa shape index (κ3) is 4.73. The second-order valence-electron chi connectivity index (χ2n) is 7.09. The van der Waals surface area contributed by atoms with E-state index in [0.717, 1.165) is 56.6 Å². The van der Waals surface area contributed by atoms with Crippen LogP contribution in [0.25, 0.3) is 0 Å². The van der Waals surface area contributed by atoms with E-state index in [1.54, 1.807) is 0 Å². The summed E-state index contributed by atoms with van der Waals surface area (Å²) in [6.07, 6.45) is 3.93. The number of anilines is 1. The van der Waals surface area contributed by atoms with Crippen molar-refractivity contribution in [3.8, 4) is 0 Å². The first-order valence-corrected chi connectivity index (χ1v) is 8.99. The average Bonchev–Trinajstić information content (AvgIpc) is 3.10. The summed E-state index contributed by atoms with van der Waals surface area (Å²) in [4.78, 5) is 26.8. The molecule has 6 heteroatoms. The van der Waals surface area contributed by atoms with Gasteiger partial charge in [-0.05, 0) is 69.8 Å². The van der Waals surface area contributed by atoms with Gasteiger partial charge in [-0.2, -0.15) is 0 Å². The van der Waals surface area contributed by atoms with E-state index < -0.39 is 0 Å². The molecule has 2 aliphatic rings. The van der Waals surface area contributed by atoms with E-state index in [9.17, 15) is 9.59 Å². The number of aryl methyl sites for hydroxylation is 1. The van der Waals surface area contributed by atoms with Gasteiger partial charge in [0.1, 0.15) is 0 Å². The highest BCUT2D eigenvalue weighted by molar-refractivity contribution is 5.97. The zero-order valence-corrected chi connectivity index (χ0v) is 15.8. The van der Waals surface area contributed by atoms with E-state index in [0.29, 0.717) is 11.6 Å². The molecule has 2 amide bonds. The molecule has 25 heavy (non-hydrogen) atoms. The van der Waals surface area contributed by atoms with Crippen molar-refractivity contribution in [3.05, 3.63) is 29.3 Å². The number of halogens is 1. The lowest BCUT2D eigenvalue weighted by molar-refractivity contribution is -0.120. The van der Waals surface area contributed by atoms with Crippen LogP contribution in [0.2, 0.25) is 0 Å². The van der Waals surface area contributed by atoms with Gasteiger partial charge in [0.2, 0.25) is 5.91 Å². The molecule has 0 aromatic heterocycles. The molecule has 2 atom stereocenters. The molecule has 2 N–H and O–H groups in total. The van der Waals surface area contributed by atoms with Gasteiger partial charge in [-0.25, -0.2) is 0 Å². The van der Waals surface area contributed by atoms with Crippen LogP contribution < -0.4 is 10.6 Å². The van der Waals surface area contributed by atoms with Gasteiger partial charge in [0.05, 0.1) is 0 Å². The van der Waals surface area contributed by atoms with Crippen molar-refractivity contribution in [2.45, 2.75) is 45.6 Å². The van der Waals surface area contributed by atoms with Crippen molar-refractivity contribution in [1.82, 2.24) is 10.2 Å². The highest BCUT2D eigenvalue weighted by Gasteiger charge is 2.25. The molecule has 2 fully saturated rings. The first-order valence-electron chi connectivity index (χ1n) is 8.99. The van der Waals surface area contributed by atoms with Crippen LogP contribution in [0.3, 0.4) is 0 Å². The van der Waals surface area contributed by atoms with Crippen molar-refractivity contribution in [2.24, 2.45) is 5.92 Å². The normalized spacial score (nSPS) is 23.0. The Bertz CT molecular complexity index is 629. The molecule has 0 radical (unpaired) electrons. The number of piperidine rings is 1. The summed E-state index contributed by atoms with van der Waals surface area (Å²) in [5.74, 6) is 0.247. The number of likely N-dealkylation sites (tertiary alicyclic amines) is 1. The number of hydrogen-bond acceptors (Lipinski definition) is 3. The number of carbonyl (C=O) groups is 2. The molecule has 3 rings (SSSR count). The Morgan fingerprint density at radius 2 is 1.96 bits per heavy atom. The van der Waals surface area contributed by atoms with Crippen LogP contribution in [0, 0.1) is 12.8 Å². The van der Waals surface area contributed by atoms with Crippen molar-refractivity contribution >= 4 is 29.9 Å². The van der Waals surface area contributed by atoms with Gasteiger partial charge in [-0.15, -0.1) is 12.4 Å². The summed E-state index contributed by atoms with van der Waals surface area (Å²) < 4.78 is 0. The van der Waals surface area contributed by atoms with E-state index >= 15 is 0 Å². The van der Waals surface area contributed by atoms with Gasteiger partial charge in [0.25, 0.3) is 5.91 Å². The Morgan fingerprint density at radius 1 is 1.24 bits per heavy atom. The summed E-state index contributed by atoms with van der Waals surface area (Å²) >= 11 is 0. The van der Waals surface area contributed by atoms with Gasteiger partial charge in [0, 0.05) is 36.3 Å². The third-order valence-corrected chi connectivity index (χ3v) is 5.12. The molecule has 138 valence electrons. The van der Waals surface area contributed by atoms with E-state index in [1.165, 1.54) is 0 Å². The lowest BCUT2D eigenvalue weighted by Crippen LogP contribution is -2.40. The van der Waals surface area contributed by atoms with Crippen molar-refractivity contribution in [3.63, 3.8) is 0 Å². The molecule has 5 nitrogen and oxygen atoms in total. The lowest BCUT2D eigenvalue weighted by atomic mass is 9.92. The van der Waals surface area contributed by atoms with Crippen LogP contribution in [-0.4, -0.2) is 42.4 Å². The topological polar surface area (TPSA) is 61.4 Å². The molecule has 2 saturated heterocycles. The largest absolute Gasteiger partial charge is 0.339 e. The minimum Gasteiger partial charge on any atom is -0.339 e.